The lowest BCUT2D eigenvalue weighted by Crippen LogP contribution is -2.32. The third kappa shape index (κ3) is 4.34. The van der Waals surface area contributed by atoms with Gasteiger partial charge in [-0.2, -0.15) is 0 Å². The van der Waals surface area contributed by atoms with Crippen molar-refractivity contribution in [2.75, 3.05) is 4.90 Å². The molecule has 0 saturated heterocycles. The summed E-state index contributed by atoms with van der Waals surface area (Å²) in [7, 11) is 0. The number of hydrogen-bond acceptors (Lipinski definition) is 4. The first-order valence-electron chi connectivity index (χ1n) is 21.4. The summed E-state index contributed by atoms with van der Waals surface area (Å²) in [6, 6.07) is 69.0. The van der Waals surface area contributed by atoms with E-state index in [1.54, 1.807) is 0 Å². The van der Waals surface area contributed by atoms with Gasteiger partial charge in [0.25, 0.3) is 0 Å². The van der Waals surface area contributed by atoms with E-state index in [2.05, 4.69) is 207 Å². The van der Waals surface area contributed by atoms with E-state index in [1.807, 2.05) is 11.3 Å². The van der Waals surface area contributed by atoms with Crippen LogP contribution in [0.2, 0.25) is 0 Å². The standard InChI is InChI=1S/C58H37NO2S/c1-57(2)43-17-6-3-14-36(43)38-28-26-35(31-47(38)57)59(34-27-29-55-41(30-34)39-16-5-12-25-54(39)62-55)49-21-13-24-52-56(49)42-32-40-37-15-4-7-18-44(37)58(48(40)33-53(42)61-52)45-19-8-10-22-50(45)60-51-23-11-9-20-46(51)58/h3-33H,1-2H3. The molecule has 1 aliphatic heterocycles. The first kappa shape index (κ1) is 34.3. The van der Waals surface area contributed by atoms with E-state index in [-0.39, 0.29) is 5.41 Å². The van der Waals surface area contributed by atoms with Gasteiger partial charge in [0.2, 0.25) is 0 Å². The third-order valence-corrected chi connectivity index (χ3v) is 15.3. The number of ether oxygens (including phenoxy) is 1. The molecule has 2 aliphatic carbocycles. The Balaban J connectivity index is 1.05. The number of furan rings is 1. The Morgan fingerprint density at radius 2 is 1.05 bits per heavy atom. The molecule has 0 bridgehead atoms. The minimum Gasteiger partial charge on any atom is -0.457 e. The van der Waals surface area contributed by atoms with Crippen LogP contribution < -0.4 is 9.64 Å². The number of nitrogens with zero attached hydrogens (tertiary/aromatic N) is 1. The second-order valence-corrected chi connectivity index (χ2v) is 18.6. The van der Waals surface area contributed by atoms with Crippen LogP contribution in [0.5, 0.6) is 11.5 Å². The molecule has 0 fully saturated rings. The molecular weight excluding hydrogens is 775 g/mol. The van der Waals surface area contributed by atoms with Gasteiger partial charge in [0.1, 0.15) is 22.7 Å². The van der Waals surface area contributed by atoms with E-state index >= 15 is 0 Å². The van der Waals surface area contributed by atoms with Gasteiger partial charge >= 0.3 is 0 Å². The van der Waals surface area contributed by atoms with E-state index in [1.165, 1.54) is 64.7 Å². The van der Waals surface area contributed by atoms with Gasteiger partial charge in [0.05, 0.1) is 16.5 Å². The quantitative estimate of drug-likeness (QED) is 0.178. The number of benzene rings is 9. The highest BCUT2D eigenvalue weighted by atomic mass is 32.1. The predicted molar refractivity (Wildman–Crippen MR) is 256 cm³/mol. The molecule has 1 spiro atoms. The van der Waals surface area contributed by atoms with Gasteiger partial charge in [-0.15, -0.1) is 11.3 Å². The van der Waals surface area contributed by atoms with Crippen LogP contribution in [0, 0.1) is 0 Å². The third-order valence-electron chi connectivity index (χ3n) is 14.1. The molecule has 11 aromatic rings. The average molecular weight is 812 g/mol. The molecule has 62 heavy (non-hydrogen) atoms. The van der Waals surface area contributed by atoms with Crippen LogP contribution >= 0.6 is 11.3 Å². The summed E-state index contributed by atoms with van der Waals surface area (Å²) >= 11 is 1.85. The smallest absolute Gasteiger partial charge is 0.137 e. The highest BCUT2D eigenvalue weighted by Gasteiger charge is 2.51. The molecule has 3 heterocycles. The molecule has 0 unspecified atom stereocenters. The number of rotatable bonds is 3. The highest BCUT2D eigenvalue weighted by molar-refractivity contribution is 7.25. The van der Waals surface area contributed by atoms with Gasteiger partial charge in [-0.3, -0.25) is 0 Å². The monoisotopic (exact) mass is 811 g/mol. The second kappa shape index (κ2) is 12.1. The normalized spacial score (nSPS) is 14.7. The zero-order valence-electron chi connectivity index (χ0n) is 34.1. The SMILES string of the molecule is CC1(C)c2ccccc2-c2ccc(N(c3ccc4sc5ccccc5c4c3)c3cccc4oc5cc6c(cc5c34)-c3ccccc3C63c4ccccc4Oc4ccccc43)cc21. The summed E-state index contributed by atoms with van der Waals surface area (Å²) in [5.41, 5.74) is 16.8. The Bertz CT molecular complexity index is 3690. The lowest BCUT2D eigenvalue weighted by molar-refractivity contribution is 0.436. The molecular formula is C58H37NO2S. The molecule has 4 heteroatoms. The fourth-order valence-electron chi connectivity index (χ4n) is 11.4. The molecule has 2 aromatic heterocycles. The molecule has 3 aliphatic rings. The Labute approximate surface area is 362 Å². The molecule has 0 radical (unpaired) electrons. The fourth-order valence-corrected chi connectivity index (χ4v) is 12.5. The molecule has 0 atom stereocenters. The van der Waals surface area contributed by atoms with Gasteiger partial charge in [0, 0.05) is 53.5 Å². The summed E-state index contributed by atoms with van der Waals surface area (Å²) in [4.78, 5) is 2.47. The van der Waals surface area contributed by atoms with E-state index in [9.17, 15) is 0 Å². The van der Waals surface area contributed by atoms with E-state index in [4.69, 9.17) is 9.15 Å². The zero-order valence-corrected chi connectivity index (χ0v) is 34.9. The first-order chi connectivity index (χ1) is 30.5. The molecule has 0 amide bonds. The van der Waals surface area contributed by atoms with Crippen LogP contribution in [-0.4, -0.2) is 0 Å². The lowest BCUT2D eigenvalue weighted by atomic mass is 9.66. The number of para-hydroxylation sites is 2. The molecule has 14 rings (SSSR count). The Kier molecular flexibility index (Phi) is 6.71. The van der Waals surface area contributed by atoms with Crippen LogP contribution in [0.25, 0.3) is 64.4 Å². The average Bonchev–Trinajstić information content (AvgIpc) is 4.02. The largest absolute Gasteiger partial charge is 0.457 e. The van der Waals surface area contributed by atoms with Crippen LogP contribution in [0.1, 0.15) is 47.2 Å². The van der Waals surface area contributed by atoms with Crippen LogP contribution in [0.3, 0.4) is 0 Å². The van der Waals surface area contributed by atoms with E-state index in [0.29, 0.717) is 0 Å². The van der Waals surface area contributed by atoms with Gasteiger partial charge in [-0.1, -0.05) is 129 Å². The molecule has 9 aromatic carbocycles. The number of anilines is 3. The summed E-state index contributed by atoms with van der Waals surface area (Å²) in [5.74, 6) is 1.76. The van der Waals surface area contributed by atoms with E-state index < -0.39 is 5.41 Å². The molecule has 292 valence electrons. The maximum absolute atomic E-state index is 7.06. The van der Waals surface area contributed by atoms with Crippen LogP contribution in [-0.2, 0) is 10.8 Å². The van der Waals surface area contributed by atoms with Gasteiger partial charge in [0.15, 0.2) is 0 Å². The van der Waals surface area contributed by atoms with Crippen molar-refractivity contribution in [3.63, 3.8) is 0 Å². The summed E-state index contributed by atoms with van der Waals surface area (Å²) in [5, 5.41) is 4.74. The number of thiophene rings is 1. The second-order valence-electron chi connectivity index (χ2n) is 17.6. The van der Waals surface area contributed by atoms with E-state index in [0.717, 1.165) is 61.6 Å². The Morgan fingerprint density at radius 3 is 1.85 bits per heavy atom. The van der Waals surface area contributed by atoms with Gasteiger partial charge in [-0.05, 0) is 117 Å². The van der Waals surface area contributed by atoms with Crippen molar-refractivity contribution < 1.29 is 9.15 Å². The first-order valence-corrected chi connectivity index (χ1v) is 22.2. The summed E-state index contributed by atoms with van der Waals surface area (Å²) in [6.07, 6.45) is 0. The van der Waals surface area contributed by atoms with Gasteiger partial charge in [-0.25, -0.2) is 0 Å². The van der Waals surface area contributed by atoms with Crippen molar-refractivity contribution in [3.8, 4) is 33.8 Å². The molecule has 0 N–H and O–H groups in total. The Hall–Kier alpha value is -7.40. The topological polar surface area (TPSA) is 25.6 Å². The maximum Gasteiger partial charge on any atom is 0.137 e. The van der Waals surface area contributed by atoms with Crippen LogP contribution in [0.15, 0.2) is 192 Å². The predicted octanol–water partition coefficient (Wildman–Crippen LogP) is 16.2. The highest BCUT2D eigenvalue weighted by Crippen LogP contribution is 2.63. The molecule has 3 nitrogen and oxygen atoms in total. The maximum atomic E-state index is 7.06. The molecule has 0 saturated carbocycles. The summed E-state index contributed by atoms with van der Waals surface area (Å²) < 4.78 is 16.3. The van der Waals surface area contributed by atoms with Gasteiger partial charge < -0.3 is 14.1 Å². The van der Waals surface area contributed by atoms with Crippen molar-refractivity contribution in [1.82, 2.24) is 0 Å². The van der Waals surface area contributed by atoms with Crippen molar-refractivity contribution in [2.45, 2.75) is 24.7 Å². The zero-order chi connectivity index (χ0) is 40.9. The van der Waals surface area contributed by atoms with Crippen molar-refractivity contribution >= 4 is 70.5 Å². The number of hydrogen-bond donors (Lipinski definition) is 0. The minimum atomic E-state index is -0.576. The Morgan fingerprint density at radius 1 is 0.419 bits per heavy atom. The van der Waals surface area contributed by atoms with Crippen molar-refractivity contribution in [3.05, 3.63) is 221 Å². The fraction of sp³-hybridized carbons (Fsp3) is 0.0690. The summed E-state index contributed by atoms with van der Waals surface area (Å²) in [6.45, 7) is 4.72. The van der Waals surface area contributed by atoms with Crippen molar-refractivity contribution in [2.24, 2.45) is 0 Å². The lowest BCUT2D eigenvalue weighted by Gasteiger charge is -2.39. The minimum absolute atomic E-state index is 0.152. The number of fused-ring (bicyclic) bond motifs is 18. The van der Waals surface area contributed by atoms with Crippen molar-refractivity contribution in [1.29, 1.82) is 0 Å². The van der Waals surface area contributed by atoms with Crippen LogP contribution in [0.4, 0.5) is 17.1 Å².